The van der Waals surface area contributed by atoms with E-state index < -0.39 is 29.0 Å². The Balaban J connectivity index is 3.52. The standard InChI is InChI=1S/C11H9BrF6/c1-2-6-3-9(11(16,17)18)7(5-12)4-8(6)10(13,14)15/h3-4H,2,5H2,1H3. The number of hydrogen-bond acceptors (Lipinski definition) is 0. The van der Waals surface area contributed by atoms with E-state index in [4.69, 9.17) is 0 Å². The molecule has 0 amide bonds. The lowest BCUT2D eigenvalue weighted by Crippen LogP contribution is -2.15. The quantitative estimate of drug-likeness (QED) is 0.516. The summed E-state index contributed by atoms with van der Waals surface area (Å²) >= 11 is 2.78. The maximum Gasteiger partial charge on any atom is 0.416 e. The smallest absolute Gasteiger partial charge is 0.166 e. The Kier molecular flexibility index (Phi) is 4.35. The summed E-state index contributed by atoms with van der Waals surface area (Å²) in [5, 5.41) is -0.283. The first kappa shape index (κ1) is 15.3. The average Bonchev–Trinajstić information content (AvgIpc) is 2.24. The van der Waals surface area contributed by atoms with Crippen LogP contribution in [0.2, 0.25) is 0 Å². The highest BCUT2D eigenvalue weighted by Crippen LogP contribution is 2.39. The summed E-state index contributed by atoms with van der Waals surface area (Å²) < 4.78 is 76.1. The fourth-order valence-corrected chi connectivity index (χ4v) is 2.08. The third kappa shape index (κ3) is 3.18. The van der Waals surface area contributed by atoms with E-state index in [1.807, 2.05) is 0 Å². The molecule has 0 atom stereocenters. The van der Waals surface area contributed by atoms with Crippen molar-refractivity contribution in [1.82, 2.24) is 0 Å². The third-order valence-corrected chi connectivity index (χ3v) is 3.07. The summed E-state index contributed by atoms with van der Waals surface area (Å²) in [6.45, 7) is 1.39. The first-order valence-electron chi connectivity index (χ1n) is 4.97. The molecule has 0 aliphatic carbocycles. The number of hydrogen-bond donors (Lipinski definition) is 0. The molecule has 0 saturated carbocycles. The second kappa shape index (κ2) is 5.11. The second-order valence-electron chi connectivity index (χ2n) is 3.65. The number of aryl methyl sites for hydroxylation is 1. The topological polar surface area (TPSA) is 0 Å². The first-order chi connectivity index (χ1) is 8.11. The van der Waals surface area contributed by atoms with Gasteiger partial charge in [-0.05, 0) is 29.7 Å². The van der Waals surface area contributed by atoms with E-state index in [2.05, 4.69) is 15.9 Å². The summed E-state index contributed by atoms with van der Waals surface area (Å²) in [6, 6.07) is 1.15. The van der Waals surface area contributed by atoms with Crippen LogP contribution in [0.1, 0.15) is 29.2 Å². The SMILES string of the molecule is CCc1cc(C(F)(F)F)c(CBr)cc1C(F)(F)F. The average molecular weight is 335 g/mol. The highest BCUT2D eigenvalue weighted by molar-refractivity contribution is 9.08. The Morgan fingerprint density at radius 3 is 1.61 bits per heavy atom. The lowest BCUT2D eigenvalue weighted by atomic mass is 9.97. The van der Waals surface area contributed by atoms with Gasteiger partial charge in [-0.3, -0.25) is 0 Å². The van der Waals surface area contributed by atoms with Gasteiger partial charge in [0.1, 0.15) is 0 Å². The molecule has 0 aliphatic heterocycles. The molecule has 1 aromatic rings. The molecule has 0 aromatic heterocycles. The highest BCUT2D eigenvalue weighted by Gasteiger charge is 2.38. The predicted octanol–water partition coefficient (Wildman–Crippen LogP) is 5.18. The van der Waals surface area contributed by atoms with Crippen molar-refractivity contribution >= 4 is 15.9 Å². The molecule has 0 unspecified atom stereocenters. The lowest BCUT2D eigenvalue weighted by molar-refractivity contribution is -0.142. The van der Waals surface area contributed by atoms with Crippen LogP contribution in [0.25, 0.3) is 0 Å². The summed E-state index contributed by atoms with van der Waals surface area (Å²) in [4.78, 5) is 0. The van der Waals surface area contributed by atoms with E-state index in [1.54, 1.807) is 0 Å². The van der Waals surface area contributed by atoms with Gasteiger partial charge < -0.3 is 0 Å². The van der Waals surface area contributed by atoms with Gasteiger partial charge in [0.2, 0.25) is 0 Å². The minimum Gasteiger partial charge on any atom is -0.166 e. The Hall–Kier alpha value is -0.720. The number of halogens is 7. The van der Waals surface area contributed by atoms with Crippen LogP contribution in [0.15, 0.2) is 12.1 Å². The molecule has 0 spiro atoms. The zero-order chi connectivity index (χ0) is 14.1. The molecule has 0 radical (unpaired) electrons. The highest BCUT2D eigenvalue weighted by atomic mass is 79.9. The molecule has 18 heavy (non-hydrogen) atoms. The molecule has 0 N–H and O–H groups in total. The monoisotopic (exact) mass is 334 g/mol. The predicted molar refractivity (Wildman–Crippen MR) is 58.5 cm³/mol. The number of rotatable bonds is 2. The van der Waals surface area contributed by atoms with E-state index in [-0.39, 0.29) is 17.3 Å². The van der Waals surface area contributed by atoms with Crippen LogP contribution in [0.3, 0.4) is 0 Å². The molecular formula is C11H9BrF6. The van der Waals surface area contributed by atoms with Gasteiger partial charge in [0.15, 0.2) is 0 Å². The fraction of sp³-hybridized carbons (Fsp3) is 0.455. The zero-order valence-corrected chi connectivity index (χ0v) is 10.8. The molecular weight excluding hydrogens is 326 g/mol. The minimum absolute atomic E-state index is 0.111. The Morgan fingerprint density at radius 2 is 1.28 bits per heavy atom. The van der Waals surface area contributed by atoms with Crippen LogP contribution in [0.4, 0.5) is 26.3 Å². The summed E-state index contributed by atoms with van der Waals surface area (Å²) in [5.74, 6) is 0. The van der Waals surface area contributed by atoms with Gasteiger partial charge in [0, 0.05) is 5.33 Å². The molecule has 0 aliphatic rings. The maximum absolute atomic E-state index is 12.7. The van der Waals surface area contributed by atoms with E-state index in [1.165, 1.54) is 6.92 Å². The van der Waals surface area contributed by atoms with Gasteiger partial charge in [-0.15, -0.1) is 0 Å². The largest absolute Gasteiger partial charge is 0.416 e. The van der Waals surface area contributed by atoms with Crippen LogP contribution in [0, 0.1) is 0 Å². The van der Waals surface area contributed by atoms with Crippen molar-refractivity contribution in [3.8, 4) is 0 Å². The van der Waals surface area contributed by atoms with Crippen molar-refractivity contribution in [2.24, 2.45) is 0 Å². The number of benzene rings is 1. The van der Waals surface area contributed by atoms with Gasteiger partial charge >= 0.3 is 12.4 Å². The van der Waals surface area contributed by atoms with E-state index >= 15 is 0 Å². The summed E-state index contributed by atoms with van der Waals surface area (Å²) in [5.41, 5.74) is -2.79. The minimum atomic E-state index is -4.66. The van der Waals surface area contributed by atoms with Crippen LogP contribution >= 0.6 is 15.9 Å². The fourth-order valence-electron chi connectivity index (χ4n) is 1.62. The van der Waals surface area contributed by atoms with Gasteiger partial charge in [0.05, 0.1) is 11.1 Å². The van der Waals surface area contributed by atoms with Crippen LogP contribution in [-0.4, -0.2) is 0 Å². The Labute approximate surface area is 108 Å². The van der Waals surface area contributed by atoms with E-state index in [9.17, 15) is 26.3 Å². The van der Waals surface area contributed by atoms with Gasteiger partial charge in [-0.1, -0.05) is 22.9 Å². The van der Waals surface area contributed by atoms with Crippen molar-refractivity contribution < 1.29 is 26.3 Å². The molecule has 1 rings (SSSR count). The van der Waals surface area contributed by atoms with Crippen molar-refractivity contribution in [2.75, 3.05) is 0 Å². The molecule has 0 nitrogen and oxygen atoms in total. The van der Waals surface area contributed by atoms with Crippen LogP contribution in [-0.2, 0) is 24.1 Å². The van der Waals surface area contributed by atoms with Gasteiger partial charge in [-0.25, -0.2) is 0 Å². The van der Waals surface area contributed by atoms with Crippen molar-refractivity contribution in [3.63, 3.8) is 0 Å². The van der Waals surface area contributed by atoms with E-state index in [0.717, 1.165) is 0 Å². The van der Waals surface area contributed by atoms with E-state index in [0.29, 0.717) is 12.1 Å². The molecule has 7 heteroatoms. The number of alkyl halides is 7. The molecule has 1 aromatic carbocycles. The van der Waals surface area contributed by atoms with Gasteiger partial charge in [0.25, 0.3) is 0 Å². The Morgan fingerprint density at radius 1 is 0.889 bits per heavy atom. The third-order valence-electron chi connectivity index (χ3n) is 2.46. The van der Waals surface area contributed by atoms with Crippen LogP contribution < -0.4 is 0 Å². The molecule has 0 bridgehead atoms. The zero-order valence-electron chi connectivity index (χ0n) is 9.21. The van der Waals surface area contributed by atoms with Crippen molar-refractivity contribution in [2.45, 2.75) is 31.0 Å². The molecule has 102 valence electrons. The van der Waals surface area contributed by atoms with Crippen molar-refractivity contribution in [3.05, 3.63) is 34.4 Å². The first-order valence-corrected chi connectivity index (χ1v) is 6.09. The second-order valence-corrected chi connectivity index (χ2v) is 4.21. The molecule has 0 heterocycles. The normalized spacial score (nSPS) is 12.9. The molecule has 0 saturated heterocycles. The maximum atomic E-state index is 12.7. The molecule has 0 fully saturated rings. The Bertz CT molecular complexity index is 391. The van der Waals surface area contributed by atoms with Crippen LogP contribution in [0.5, 0.6) is 0 Å². The van der Waals surface area contributed by atoms with Crippen molar-refractivity contribution in [1.29, 1.82) is 0 Å². The summed E-state index contributed by atoms with van der Waals surface area (Å²) in [7, 11) is 0. The lowest BCUT2D eigenvalue weighted by Gasteiger charge is -2.18. The summed E-state index contributed by atoms with van der Waals surface area (Å²) in [6.07, 6.45) is -9.41. The van der Waals surface area contributed by atoms with Gasteiger partial charge in [-0.2, -0.15) is 26.3 Å².